The molecule has 0 aliphatic rings. The summed E-state index contributed by atoms with van der Waals surface area (Å²) in [4.78, 5) is 27.2. The Labute approximate surface area is 207 Å². The summed E-state index contributed by atoms with van der Waals surface area (Å²) in [6.07, 6.45) is 0.808. The molecule has 0 heterocycles. The van der Waals surface area contributed by atoms with Crippen LogP contribution in [0.1, 0.15) is 31.4 Å². The molecule has 0 bridgehead atoms. The summed E-state index contributed by atoms with van der Waals surface area (Å²) in [5, 5.41) is 4.71. The van der Waals surface area contributed by atoms with Gasteiger partial charge in [0.1, 0.15) is 6.04 Å². The third kappa shape index (κ3) is 7.76. The minimum atomic E-state index is -0.669. The third-order valence-corrected chi connectivity index (χ3v) is 7.02. The zero-order valence-corrected chi connectivity index (χ0v) is 21.1. The largest absolute Gasteiger partial charge is 0.354 e. The first-order chi connectivity index (χ1) is 14.7. The number of benzene rings is 2. The van der Waals surface area contributed by atoms with Crippen molar-refractivity contribution in [3.8, 4) is 0 Å². The summed E-state index contributed by atoms with van der Waals surface area (Å²) in [7, 11) is 0. The van der Waals surface area contributed by atoms with E-state index in [-0.39, 0.29) is 24.1 Å². The molecule has 2 aromatic rings. The maximum atomic E-state index is 13.1. The number of halogens is 4. The van der Waals surface area contributed by atoms with Gasteiger partial charge in [0, 0.05) is 34.5 Å². The van der Waals surface area contributed by atoms with Crippen LogP contribution in [-0.2, 0) is 21.9 Å². The summed E-state index contributed by atoms with van der Waals surface area (Å²) in [6.45, 7) is 4.36. The van der Waals surface area contributed by atoms with E-state index in [0.29, 0.717) is 38.0 Å². The van der Waals surface area contributed by atoms with E-state index in [4.69, 9.17) is 46.4 Å². The van der Waals surface area contributed by atoms with Crippen LogP contribution >= 0.6 is 58.2 Å². The summed E-state index contributed by atoms with van der Waals surface area (Å²) in [5.41, 5.74) is 1.57. The van der Waals surface area contributed by atoms with Gasteiger partial charge in [0.25, 0.3) is 0 Å². The summed E-state index contributed by atoms with van der Waals surface area (Å²) in [5.74, 6) is 0.376. The fraction of sp³-hybridized carbons (Fsp3) is 0.364. The second-order valence-corrected chi connectivity index (χ2v) is 9.54. The topological polar surface area (TPSA) is 49.4 Å². The molecule has 1 atom stereocenters. The molecule has 2 aromatic carbocycles. The van der Waals surface area contributed by atoms with E-state index in [0.717, 1.165) is 12.0 Å². The number of carbonyl (C=O) groups excluding carboxylic acids is 2. The van der Waals surface area contributed by atoms with Gasteiger partial charge >= 0.3 is 0 Å². The first-order valence-electron chi connectivity index (χ1n) is 9.76. The average Bonchev–Trinajstić information content (AvgIpc) is 2.73. The van der Waals surface area contributed by atoms with Gasteiger partial charge in [-0.25, -0.2) is 0 Å². The van der Waals surface area contributed by atoms with E-state index < -0.39 is 6.04 Å². The molecule has 0 saturated heterocycles. The zero-order valence-electron chi connectivity index (χ0n) is 17.3. The summed E-state index contributed by atoms with van der Waals surface area (Å²) >= 11 is 26.1. The van der Waals surface area contributed by atoms with Crippen molar-refractivity contribution >= 4 is 70.0 Å². The van der Waals surface area contributed by atoms with Gasteiger partial charge in [-0.1, -0.05) is 65.5 Å². The van der Waals surface area contributed by atoms with Crippen molar-refractivity contribution in [1.29, 1.82) is 0 Å². The van der Waals surface area contributed by atoms with Gasteiger partial charge in [-0.2, -0.15) is 0 Å². The number of rotatable bonds is 10. The van der Waals surface area contributed by atoms with Gasteiger partial charge in [0.05, 0.1) is 15.8 Å². The first-order valence-corrected chi connectivity index (χ1v) is 12.4. The molecule has 0 radical (unpaired) electrons. The van der Waals surface area contributed by atoms with Gasteiger partial charge in [-0.3, -0.25) is 9.59 Å². The Morgan fingerprint density at radius 1 is 1.03 bits per heavy atom. The Morgan fingerprint density at radius 3 is 2.32 bits per heavy atom. The maximum absolute atomic E-state index is 13.1. The number of thioether (sulfide) groups is 1. The molecule has 9 heteroatoms. The Balaban J connectivity index is 2.12. The van der Waals surface area contributed by atoms with Gasteiger partial charge in [-0.05, 0) is 43.2 Å². The quantitative estimate of drug-likeness (QED) is 0.389. The van der Waals surface area contributed by atoms with Gasteiger partial charge in [-0.15, -0.1) is 11.8 Å². The van der Waals surface area contributed by atoms with Crippen molar-refractivity contribution in [2.24, 2.45) is 0 Å². The molecular weight excluding hydrogens is 498 g/mol. The molecule has 0 aliphatic heterocycles. The molecule has 4 nitrogen and oxygen atoms in total. The molecule has 31 heavy (non-hydrogen) atoms. The number of nitrogens with zero attached hydrogens (tertiary/aromatic N) is 1. The molecule has 0 spiro atoms. The molecule has 2 amide bonds. The van der Waals surface area contributed by atoms with E-state index in [2.05, 4.69) is 5.32 Å². The second kappa shape index (κ2) is 12.8. The Kier molecular flexibility index (Phi) is 10.8. The molecule has 0 aromatic heterocycles. The maximum Gasteiger partial charge on any atom is 0.242 e. The lowest BCUT2D eigenvalue weighted by Crippen LogP contribution is -2.48. The molecule has 0 saturated carbocycles. The molecule has 2 rings (SSSR count). The van der Waals surface area contributed by atoms with E-state index in [1.54, 1.807) is 37.3 Å². The van der Waals surface area contributed by atoms with Gasteiger partial charge < -0.3 is 10.2 Å². The number of carbonyl (C=O) groups is 2. The smallest absolute Gasteiger partial charge is 0.242 e. The lowest BCUT2D eigenvalue weighted by Gasteiger charge is -2.29. The number of hydrogen-bond acceptors (Lipinski definition) is 3. The van der Waals surface area contributed by atoms with Crippen LogP contribution in [0, 0.1) is 0 Å². The van der Waals surface area contributed by atoms with Crippen LogP contribution in [0.3, 0.4) is 0 Å². The van der Waals surface area contributed by atoms with Crippen LogP contribution in [-0.4, -0.2) is 35.1 Å². The molecule has 0 aliphatic carbocycles. The zero-order chi connectivity index (χ0) is 23.0. The van der Waals surface area contributed by atoms with Gasteiger partial charge in [0.15, 0.2) is 0 Å². The van der Waals surface area contributed by atoms with Crippen LogP contribution < -0.4 is 5.32 Å². The predicted octanol–water partition coefficient (Wildman–Crippen LogP) is 6.48. The minimum absolute atomic E-state index is 0.144. The van der Waals surface area contributed by atoms with Crippen molar-refractivity contribution in [2.75, 3.05) is 12.3 Å². The van der Waals surface area contributed by atoms with Crippen molar-refractivity contribution in [2.45, 2.75) is 38.6 Å². The number of hydrogen-bond donors (Lipinski definition) is 1. The Morgan fingerprint density at radius 2 is 1.71 bits per heavy atom. The highest BCUT2D eigenvalue weighted by molar-refractivity contribution is 7.99. The average molecular weight is 522 g/mol. The fourth-order valence-corrected chi connectivity index (χ4v) is 4.50. The van der Waals surface area contributed by atoms with E-state index >= 15 is 0 Å². The van der Waals surface area contributed by atoms with Gasteiger partial charge in [0.2, 0.25) is 11.8 Å². The molecule has 168 valence electrons. The second-order valence-electron chi connectivity index (χ2n) is 6.93. The Hall–Kier alpha value is -1.11. The standard InChI is InChI=1S/C22H24Cl4N2O2S/c1-3-9-27-22(30)14(2)28(11-16-17(23)5-4-6-18(16)24)21(29)13-31-12-15-7-8-19(25)20(26)10-15/h4-8,10,14H,3,9,11-13H2,1-2H3,(H,27,30). The fourth-order valence-electron chi connectivity index (χ4n) is 2.80. The SMILES string of the molecule is CCCNC(=O)C(C)N(Cc1c(Cl)cccc1Cl)C(=O)CSCc1ccc(Cl)c(Cl)c1. The normalized spacial score (nSPS) is 11.8. The molecule has 1 N–H and O–H groups in total. The van der Waals surface area contributed by atoms with Crippen molar-refractivity contribution < 1.29 is 9.59 Å². The van der Waals surface area contributed by atoms with Crippen LogP contribution in [0.25, 0.3) is 0 Å². The number of nitrogens with one attached hydrogen (secondary N) is 1. The molecule has 0 fully saturated rings. The lowest BCUT2D eigenvalue weighted by atomic mass is 10.1. The van der Waals surface area contributed by atoms with E-state index in [1.807, 2.05) is 13.0 Å². The third-order valence-electron chi connectivity index (χ3n) is 4.58. The highest BCUT2D eigenvalue weighted by Gasteiger charge is 2.27. The van der Waals surface area contributed by atoms with E-state index in [1.165, 1.54) is 16.7 Å². The van der Waals surface area contributed by atoms with Crippen LogP contribution in [0.15, 0.2) is 36.4 Å². The highest BCUT2D eigenvalue weighted by atomic mass is 35.5. The van der Waals surface area contributed by atoms with Crippen LogP contribution in [0.4, 0.5) is 0 Å². The highest BCUT2D eigenvalue weighted by Crippen LogP contribution is 2.28. The van der Waals surface area contributed by atoms with Crippen LogP contribution in [0.2, 0.25) is 20.1 Å². The molecule has 1 unspecified atom stereocenters. The Bertz CT molecular complexity index is 906. The van der Waals surface area contributed by atoms with Crippen molar-refractivity contribution in [1.82, 2.24) is 10.2 Å². The number of amides is 2. The minimum Gasteiger partial charge on any atom is -0.354 e. The summed E-state index contributed by atoms with van der Waals surface area (Å²) < 4.78 is 0. The lowest BCUT2D eigenvalue weighted by molar-refractivity contribution is -0.138. The predicted molar refractivity (Wildman–Crippen MR) is 132 cm³/mol. The van der Waals surface area contributed by atoms with E-state index in [9.17, 15) is 9.59 Å². The monoisotopic (exact) mass is 520 g/mol. The molecular formula is C22H24Cl4N2O2S. The van der Waals surface area contributed by atoms with Crippen molar-refractivity contribution in [3.05, 3.63) is 67.6 Å². The first kappa shape index (κ1) is 26.1. The van der Waals surface area contributed by atoms with Crippen LogP contribution in [0.5, 0.6) is 0 Å². The van der Waals surface area contributed by atoms with Crippen molar-refractivity contribution in [3.63, 3.8) is 0 Å². The summed E-state index contributed by atoms with van der Waals surface area (Å²) in [6, 6.07) is 9.88.